The van der Waals surface area contributed by atoms with E-state index in [0.717, 1.165) is 16.2 Å². The third kappa shape index (κ3) is 1.64. The van der Waals surface area contributed by atoms with Gasteiger partial charge in [-0.15, -0.1) is 11.3 Å². The van der Waals surface area contributed by atoms with Crippen LogP contribution in [0.1, 0.15) is 0 Å². The lowest BCUT2D eigenvalue weighted by Gasteiger charge is -2.04. The molecule has 0 saturated heterocycles. The number of hydrogen-bond donors (Lipinski definition) is 1. The van der Waals surface area contributed by atoms with Gasteiger partial charge in [-0.2, -0.15) is 0 Å². The lowest BCUT2D eigenvalue weighted by molar-refractivity contribution is 0.373. The van der Waals surface area contributed by atoms with Crippen LogP contribution >= 0.6 is 11.3 Å². The Morgan fingerprint density at radius 2 is 2.29 bits per heavy atom. The Bertz CT molecular complexity index is 644. The van der Waals surface area contributed by atoms with E-state index in [2.05, 4.69) is 4.98 Å². The number of methoxy groups -OCH3 is 1. The summed E-state index contributed by atoms with van der Waals surface area (Å²) in [4.78, 5) is 5.41. The van der Waals surface area contributed by atoms with Crippen LogP contribution in [0.5, 0.6) is 11.5 Å². The molecular formula is C12H10N2O2S. The fraction of sp³-hybridized carbons (Fsp3) is 0.0833. The Kier molecular flexibility index (Phi) is 2.26. The third-order valence-corrected chi connectivity index (χ3v) is 3.34. The second-order valence-electron chi connectivity index (χ2n) is 3.61. The van der Waals surface area contributed by atoms with Crippen molar-refractivity contribution < 1.29 is 9.84 Å². The number of hydrogen-bond acceptors (Lipinski definition) is 4. The van der Waals surface area contributed by atoms with Crippen LogP contribution in [-0.2, 0) is 0 Å². The van der Waals surface area contributed by atoms with Crippen molar-refractivity contribution in [1.29, 1.82) is 0 Å². The minimum absolute atomic E-state index is 0.126. The fourth-order valence-electron chi connectivity index (χ4n) is 1.72. The summed E-state index contributed by atoms with van der Waals surface area (Å²) in [5.41, 5.74) is 1.72. The number of aromatic hydroxyl groups is 1. The van der Waals surface area contributed by atoms with E-state index in [4.69, 9.17) is 4.74 Å². The second kappa shape index (κ2) is 3.78. The molecule has 0 amide bonds. The number of phenols is 1. The summed E-state index contributed by atoms with van der Waals surface area (Å²) in [5.74, 6) is 0.594. The van der Waals surface area contributed by atoms with Crippen LogP contribution in [0.3, 0.4) is 0 Å². The first kappa shape index (κ1) is 10.2. The number of rotatable bonds is 2. The first-order valence-electron chi connectivity index (χ1n) is 5.07. The van der Waals surface area contributed by atoms with Gasteiger partial charge in [0.2, 0.25) is 0 Å². The quantitative estimate of drug-likeness (QED) is 0.756. The summed E-state index contributed by atoms with van der Waals surface area (Å²) in [6.07, 6.45) is 3.90. The zero-order valence-corrected chi connectivity index (χ0v) is 9.94. The van der Waals surface area contributed by atoms with E-state index in [1.165, 1.54) is 7.11 Å². The van der Waals surface area contributed by atoms with Crippen LogP contribution in [0.15, 0.2) is 36.0 Å². The summed E-state index contributed by atoms with van der Waals surface area (Å²) >= 11 is 1.58. The van der Waals surface area contributed by atoms with E-state index in [1.807, 2.05) is 28.2 Å². The second-order valence-corrected chi connectivity index (χ2v) is 4.48. The zero-order valence-electron chi connectivity index (χ0n) is 9.12. The first-order chi connectivity index (χ1) is 8.28. The molecule has 0 bridgehead atoms. The van der Waals surface area contributed by atoms with Crippen molar-refractivity contribution in [3.8, 4) is 22.8 Å². The molecule has 0 spiro atoms. The third-order valence-electron chi connectivity index (χ3n) is 2.57. The monoisotopic (exact) mass is 246 g/mol. The molecule has 0 aliphatic rings. The van der Waals surface area contributed by atoms with Crippen molar-refractivity contribution in [3.05, 3.63) is 36.0 Å². The summed E-state index contributed by atoms with van der Waals surface area (Å²) < 4.78 is 6.97. The zero-order chi connectivity index (χ0) is 11.8. The number of phenolic OH excluding ortho intramolecular Hbond substituents is 1. The van der Waals surface area contributed by atoms with Gasteiger partial charge in [0.1, 0.15) is 0 Å². The van der Waals surface area contributed by atoms with Crippen LogP contribution in [0.2, 0.25) is 0 Å². The Labute approximate surface area is 102 Å². The highest BCUT2D eigenvalue weighted by atomic mass is 32.1. The van der Waals surface area contributed by atoms with Crippen molar-refractivity contribution in [2.75, 3.05) is 7.11 Å². The van der Waals surface area contributed by atoms with Crippen molar-refractivity contribution in [2.45, 2.75) is 0 Å². The maximum atomic E-state index is 9.72. The van der Waals surface area contributed by atoms with Crippen molar-refractivity contribution in [1.82, 2.24) is 9.38 Å². The largest absolute Gasteiger partial charge is 0.504 e. The highest BCUT2D eigenvalue weighted by molar-refractivity contribution is 7.15. The predicted octanol–water partition coefficient (Wildman–Crippen LogP) is 2.78. The van der Waals surface area contributed by atoms with Crippen LogP contribution < -0.4 is 4.74 Å². The highest BCUT2D eigenvalue weighted by Crippen LogP contribution is 2.31. The van der Waals surface area contributed by atoms with Gasteiger partial charge in [-0.25, -0.2) is 4.98 Å². The normalized spacial score (nSPS) is 10.9. The van der Waals surface area contributed by atoms with Gasteiger partial charge < -0.3 is 9.84 Å². The number of ether oxygens (including phenoxy) is 1. The first-order valence-corrected chi connectivity index (χ1v) is 5.95. The number of nitrogens with zero attached hydrogens (tertiary/aromatic N) is 2. The minimum Gasteiger partial charge on any atom is -0.504 e. The number of aromatic nitrogens is 2. The lowest BCUT2D eigenvalue weighted by atomic mass is 10.1. The summed E-state index contributed by atoms with van der Waals surface area (Å²) in [5, 5.41) is 11.7. The highest BCUT2D eigenvalue weighted by Gasteiger charge is 2.08. The average molecular weight is 246 g/mol. The SMILES string of the molecule is COc1ccc(-c2cn3ccsc3n2)cc1O. The number of fused-ring (bicyclic) bond motifs is 1. The van der Waals surface area contributed by atoms with E-state index >= 15 is 0 Å². The standard InChI is InChI=1S/C12H10N2O2S/c1-16-11-3-2-8(6-10(11)15)9-7-14-4-5-17-12(14)13-9/h2-7,15H,1H3. The molecule has 2 aromatic heterocycles. The molecule has 0 atom stereocenters. The predicted molar refractivity (Wildman–Crippen MR) is 66.7 cm³/mol. The fourth-order valence-corrected chi connectivity index (χ4v) is 2.42. The van der Waals surface area contributed by atoms with Gasteiger partial charge in [-0.1, -0.05) is 0 Å². The van der Waals surface area contributed by atoms with Crippen molar-refractivity contribution in [3.63, 3.8) is 0 Å². The van der Waals surface area contributed by atoms with Crippen LogP contribution in [0.4, 0.5) is 0 Å². The molecule has 86 valence electrons. The molecule has 1 aromatic carbocycles. The molecule has 0 aliphatic carbocycles. The Hall–Kier alpha value is -2.01. The van der Waals surface area contributed by atoms with E-state index in [1.54, 1.807) is 23.5 Å². The molecule has 0 aliphatic heterocycles. The van der Waals surface area contributed by atoms with Gasteiger partial charge in [0, 0.05) is 23.3 Å². The maximum Gasteiger partial charge on any atom is 0.194 e. The van der Waals surface area contributed by atoms with Gasteiger partial charge in [0.15, 0.2) is 16.5 Å². The average Bonchev–Trinajstić information content (AvgIpc) is 2.88. The molecular weight excluding hydrogens is 236 g/mol. The van der Waals surface area contributed by atoms with Crippen molar-refractivity contribution in [2.24, 2.45) is 0 Å². The number of imidazole rings is 1. The smallest absolute Gasteiger partial charge is 0.194 e. The maximum absolute atomic E-state index is 9.72. The molecule has 0 unspecified atom stereocenters. The van der Waals surface area contributed by atoms with Gasteiger partial charge in [0.25, 0.3) is 0 Å². The summed E-state index contributed by atoms with van der Waals surface area (Å²) in [6, 6.07) is 5.27. The van der Waals surface area contributed by atoms with Crippen molar-refractivity contribution >= 4 is 16.3 Å². The molecule has 2 heterocycles. The molecule has 0 radical (unpaired) electrons. The molecule has 1 N–H and O–H groups in total. The Morgan fingerprint density at radius 3 is 3.00 bits per heavy atom. The van der Waals surface area contributed by atoms with Gasteiger partial charge in [-0.05, 0) is 18.2 Å². The molecule has 0 saturated carbocycles. The van der Waals surface area contributed by atoms with Crippen LogP contribution in [0.25, 0.3) is 16.2 Å². The molecule has 5 heteroatoms. The van der Waals surface area contributed by atoms with Gasteiger partial charge in [0.05, 0.1) is 12.8 Å². The topological polar surface area (TPSA) is 46.8 Å². The molecule has 4 nitrogen and oxygen atoms in total. The molecule has 3 rings (SSSR count). The Morgan fingerprint density at radius 1 is 1.41 bits per heavy atom. The van der Waals surface area contributed by atoms with Gasteiger partial charge in [-0.3, -0.25) is 4.40 Å². The van der Waals surface area contributed by atoms with E-state index in [9.17, 15) is 5.11 Å². The summed E-state index contributed by atoms with van der Waals surface area (Å²) in [7, 11) is 1.53. The molecule has 3 aromatic rings. The van der Waals surface area contributed by atoms with Gasteiger partial charge >= 0.3 is 0 Å². The lowest BCUT2D eigenvalue weighted by Crippen LogP contribution is -1.84. The molecule has 17 heavy (non-hydrogen) atoms. The molecule has 0 fully saturated rings. The Balaban J connectivity index is 2.09. The minimum atomic E-state index is 0.126. The van der Waals surface area contributed by atoms with E-state index in [0.29, 0.717) is 5.75 Å². The van der Waals surface area contributed by atoms with Crippen LogP contribution in [0, 0.1) is 0 Å². The number of benzene rings is 1. The van der Waals surface area contributed by atoms with Crippen LogP contribution in [-0.4, -0.2) is 21.6 Å². The van der Waals surface area contributed by atoms with E-state index in [-0.39, 0.29) is 5.75 Å². The summed E-state index contributed by atoms with van der Waals surface area (Å²) in [6.45, 7) is 0. The van der Waals surface area contributed by atoms with E-state index < -0.39 is 0 Å². The number of thiazole rings is 1.